The van der Waals surface area contributed by atoms with Gasteiger partial charge in [-0.15, -0.1) is 0 Å². The van der Waals surface area contributed by atoms with Crippen molar-refractivity contribution in [2.45, 2.75) is 53.0 Å². The SMILES string of the molecule is CCCNC(c1cc(C)c(OC)c(C)c1)C(C)C1CC1. The molecule has 2 heteroatoms. The second-order valence-electron chi connectivity index (χ2n) is 6.32. The summed E-state index contributed by atoms with van der Waals surface area (Å²) in [5, 5.41) is 3.76. The molecule has 20 heavy (non-hydrogen) atoms. The van der Waals surface area contributed by atoms with Gasteiger partial charge in [0.05, 0.1) is 7.11 Å². The van der Waals surface area contributed by atoms with Crippen molar-refractivity contribution < 1.29 is 4.74 Å². The third-order valence-corrected chi connectivity index (χ3v) is 4.55. The van der Waals surface area contributed by atoms with Gasteiger partial charge in [-0.3, -0.25) is 0 Å². The molecular formula is C18H29NO. The smallest absolute Gasteiger partial charge is 0.124 e. The first-order chi connectivity index (χ1) is 9.58. The van der Waals surface area contributed by atoms with Gasteiger partial charge in [0, 0.05) is 6.04 Å². The number of nitrogens with one attached hydrogen (secondary N) is 1. The number of ether oxygens (including phenoxy) is 1. The van der Waals surface area contributed by atoms with E-state index in [4.69, 9.17) is 4.74 Å². The highest BCUT2D eigenvalue weighted by atomic mass is 16.5. The average molecular weight is 275 g/mol. The Balaban J connectivity index is 2.27. The summed E-state index contributed by atoms with van der Waals surface area (Å²) in [6.45, 7) is 10.0. The lowest BCUT2D eigenvalue weighted by Crippen LogP contribution is -2.29. The van der Waals surface area contributed by atoms with Gasteiger partial charge in [-0.2, -0.15) is 0 Å². The first kappa shape index (κ1) is 15.4. The van der Waals surface area contributed by atoms with Crippen LogP contribution >= 0.6 is 0 Å². The van der Waals surface area contributed by atoms with Crippen LogP contribution < -0.4 is 10.1 Å². The fraction of sp³-hybridized carbons (Fsp3) is 0.667. The van der Waals surface area contributed by atoms with E-state index in [1.54, 1.807) is 7.11 Å². The van der Waals surface area contributed by atoms with Gasteiger partial charge in [0.25, 0.3) is 0 Å². The Kier molecular flexibility index (Phi) is 5.09. The normalized spacial score (nSPS) is 17.9. The summed E-state index contributed by atoms with van der Waals surface area (Å²) in [4.78, 5) is 0. The highest BCUT2D eigenvalue weighted by molar-refractivity contribution is 5.44. The lowest BCUT2D eigenvalue weighted by molar-refractivity contribution is 0.348. The Morgan fingerprint density at radius 1 is 1.25 bits per heavy atom. The highest BCUT2D eigenvalue weighted by Gasteiger charge is 2.34. The molecule has 2 atom stereocenters. The summed E-state index contributed by atoms with van der Waals surface area (Å²) in [7, 11) is 1.76. The number of aryl methyl sites for hydroxylation is 2. The van der Waals surface area contributed by atoms with Gasteiger partial charge in [0.2, 0.25) is 0 Å². The molecule has 0 spiro atoms. The minimum atomic E-state index is 0.478. The molecule has 2 nitrogen and oxygen atoms in total. The molecule has 1 aromatic carbocycles. The average Bonchev–Trinajstić information content (AvgIpc) is 3.23. The number of benzene rings is 1. The molecule has 112 valence electrons. The molecule has 0 aromatic heterocycles. The van der Waals surface area contributed by atoms with Crippen LogP contribution in [0.2, 0.25) is 0 Å². The van der Waals surface area contributed by atoms with Crippen LogP contribution in [0.1, 0.15) is 55.8 Å². The molecule has 0 bridgehead atoms. The zero-order valence-electron chi connectivity index (χ0n) is 13.6. The molecule has 1 fully saturated rings. The van der Waals surface area contributed by atoms with Gasteiger partial charge in [0.15, 0.2) is 0 Å². The monoisotopic (exact) mass is 275 g/mol. The summed E-state index contributed by atoms with van der Waals surface area (Å²) in [5.74, 6) is 2.66. The topological polar surface area (TPSA) is 21.3 Å². The second kappa shape index (κ2) is 6.62. The summed E-state index contributed by atoms with van der Waals surface area (Å²) in [6, 6.07) is 5.08. The Labute approximate surface area is 123 Å². The van der Waals surface area contributed by atoms with Crippen LogP contribution in [0, 0.1) is 25.7 Å². The first-order valence-corrected chi connectivity index (χ1v) is 7.97. The van der Waals surface area contributed by atoms with E-state index in [0.717, 1.165) is 18.2 Å². The van der Waals surface area contributed by atoms with Gasteiger partial charge < -0.3 is 10.1 Å². The van der Waals surface area contributed by atoms with Crippen LogP contribution in [0.15, 0.2) is 12.1 Å². The summed E-state index contributed by atoms with van der Waals surface area (Å²) in [5.41, 5.74) is 3.91. The van der Waals surface area contributed by atoms with Crippen molar-refractivity contribution in [3.8, 4) is 5.75 Å². The Morgan fingerprint density at radius 3 is 2.30 bits per heavy atom. The molecule has 2 unspecified atom stereocenters. The molecule has 1 saturated carbocycles. The molecule has 1 N–H and O–H groups in total. The highest BCUT2D eigenvalue weighted by Crippen LogP contribution is 2.43. The van der Waals surface area contributed by atoms with E-state index in [9.17, 15) is 0 Å². The maximum Gasteiger partial charge on any atom is 0.124 e. The Hall–Kier alpha value is -1.02. The van der Waals surface area contributed by atoms with Crippen LogP contribution in [0.3, 0.4) is 0 Å². The third kappa shape index (κ3) is 3.35. The van der Waals surface area contributed by atoms with E-state index >= 15 is 0 Å². The Morgan fingerprint density at radius 2 is 1.85 bits per heavy atom. The molecule has 1 aliphatic rings. The van der Waals surface area contributed by atoms with Crippen LogP contribution in [0.4, 0.5) is 0 Å². The maximum absolute atomic E-state index is 5.49. The summed E-state index contributed by atoms with van der Waals surface area (Å²) in [6.07, 6.45) is 3.99. The van der Waals surface area contributed by atoms with Gasteiger partial charge in [-0.1, -0.05) is 26.0 Å². The van der Waals surface area contributed by atoms with Crippen LogP contribution in [0.25, 0.3) is 0 Å². The number of hydrogen-bond acceptors (Lipinski definition) is 2. The summed E-state index contributed by atoms with van der Waals surface area (Å²) < 4.78 is 5.49. The molecule has 1 aromatic rings. The van der Waals surface area contributed by atoms with Gasteiger partial charge in [-0.05, 0) is 68.2 Å². The molecule has 0 amide bonds. The maximum atomic E-state index is 5.49. The van der Waals surface area contributed by atoms with Crippen molar-refractivity contribution >= 4 is 0 Å². The minimum Gasteiger partial charge on any atom is -0.496 e. The van der Waals surface area contributed by atoms with Gasteiger partial charge >= 0.3 is 0 Å². The Bertz CT molecular complexity index is 428. The van der Waals surface area contributed by atoms with Crippen LogP contribution in [0.5, 0.6) is 5.75 Å². The van der Waals surface area contributed by atoms with E-state index in [-0.39, 0.29) is 0 Å². The largest absolute Gasteiger partial charge is 0.496 e. The minimum absolute atomic E-state index is 0.478. The van der Waals surface area contributed by atoms with Crippen molar-refractivity contribution in [3.05, 3.63) is 28.8 Å². The van der Waals surface area contributed by atoms with E-state index in [1.165, 1.54) is 36.0 Å². The molecule has 2 rings (SSSR count). The van der Waals surface area contributed by atoms with E-state index in [2.05, 4.69) is 45.1 Å². The number of methoxy groups -OCH3 is 1. The molecular weight excluding hydrogens is 246 g/mol. The fourth-order valence-electron chi connectivity index (χ4n) is 3.29. The van der Waals surface area contributed by atoms with Gasteiger partial charge in [0.1, 0.15) is 5.75 Å². The summed E-state index contributed by atoms with van der Waals surface area (Å²) >= 11 is 0. The third-order valence-electron chi connectivity index (χ3n) is 4.55. The van der Waals surface area contributed by atoms with Crippen molar-refractivity contribution in [2.24, 2.45) is 11.8 Å². The lowest BCUT2D eigenvalue weighted by atomic mass is 9.88. The van der Waals surface area contributed by atoms with Crippen LogP contribution in [-0.4, -0.2) is 13.7 Å². The van der Waals surface area contributed by atoms with Crippen molar-refractivity contribution in [3.63, 3.8) is 0 Å². The fourth-order valence-corrected chi connectivity index (χ4v) is 3.29. The predicted octanol–water partition coefficient (Wildman–Crippen LogP) is 4.40. The first-order valence-electron chi connectivity index (χ1n) is 7.97. The quantitative estimate of drug-likeness (QED) is 0.796. The van der Waals surface area contributed by atoms with Gasteiger partial charge in [-0.25, -0.2) is 0 Å². The lowest BCUT2D eigenvalue weighted by Gasteiger charge is -2.27. The standard InChI is InChI=1S/C18H29NO/c1-6-9-19-17(14(4)15-7-8-15)16-10-12(2)18(20-5)13(3)11-16/h10-11,14-15,17,19H,6-9H2,1-5H3. The molecule has 0 heterocycles. The van der Waals surface area contributed by atoms with Crippen molar-refractivity contribution in [1.29, 1.82) is 0 Å². The van der Waals surface area contributed by atoms with Crippen LogP contribution in [-0.2, 0) is 0 Å². The second-order valence-corrected chi connectivity index (χ2v) is 6.32. The van der Waals surface area contributed by atoms with Crippen molar-refractivity contribution in [1.82, 2.24) is 5.32 Å². The molecule has 0 saturated heterocycles. The van der Waals surface area contributed by atoms with E-state index < -0.39 is 0 Å². The molecule has 0 aliphatic heterocycles. The van der Waals surface area contributed by atoms with E-state index in [0.29, 0.717) is 12.0 Å². The molecule has 0 radical (unpaired) electrons. The predicted molar refractivity (Wildman–Crippen MR) is 85.4 cm³/mol. The number of hydrogen-bond donors (Lipinski definition) is 1. The molecule has 1 aliphatic carbocycles. The van der Waals surface area contributed by atoms with Crippen molar-refractivity contribution in [2.75, 3.05) is 13.7 Å². The zero-order valence-corrected chi connectivity index (χ0v) is 13.6. The van der Waals surface area contributed by atoms with E-state index in [1.807, 2.05) is 0 Å². The number of rotatable bonds is 7. The zero-order chi connectivity index (χ0) is 14.7.